The minimum Gasteiger partial charge on any atom is -0.0619 e. The van der Waals surface area contributed by atoms with Crippen LogP contribution in [0.25, 0.3) is 21.9 Å². The van der Waals surface area contributed by atoms with Gasteiger partial charge in [-0.3, -0.25) is 0 Å². The zero-order valence-electron chi connectivity index (χ0n) is 16.5. The van der Waals surface area contributed by atoms with E-state index in [2.05, 4.69) is 92.7 Å². The highest BCUT2D eigenvalue weighted by Gasteiger charge is 2.49. The fourth-order valence-electron chi connectivity index (χ4n) is 5.76. The molecular weight excluding hydrogens is 336 g/mol. The van der Waals surface area contributed by atoms with Crippen molar-refractivity contribution < 1.29 is 0 Å². The summed E-state index contributed by atoms with van der Waals surface area (Å²) in [7, 11) is 0. The van der Waals surface area contributed by atoms with Gasteiger partial charge >= 0.3 is 0 Å². The Morgan fingerprint density at radius 1 is 0.750 bits per heavy atom. The van der Waals surface area contributed by atoms with Gasteiger partial charge in [0.15, 0.2) is 0 Å². The molecular formula is C28H24. The molecule has 0 bridgehead atoms. The Kier molecular flexibility index (Phi) is 3.21. The summed E-state index contributed by atoms with van der Waals surface area (Å²) in [5.74, 6) is 0.541. The van der Waals surface area contributed by atoms with E-state index in [9.17, 15) is 0 Å². The summed E-state index contributed by atoms with van der Waals surface area (Å²) >= 11 is 0. The van der Waals surface area contributed by atoms with Crippen LogP contribution in [0.3, 0.4) is 0 Å². The van der Waals surface area contributed by atoms with Crippen molar-refractivity contribution in [2.75, 3.05) is 0 Å². The first-order valence-corrected chi connectivity index (χ1v) is 10.5. The van der Waals surface area contributed by atoms with Gasteiger partial charge in [-0.25, -0.2) is 0 Å². The lowest BCUT2D eigenvalue weighted by Gasteiger charge is -2.30. The molecule has 0 heterocycles. The van der Waals surface area contributed by atoms with Crippen LogP contribution in [0.15, 0.2) is 78.9 Å². The molecule has 0 nitrogen and oxygen atoms in total. The predicted molar refractivity (Wildman–Crippen MR) is 118 cm³/mol. The van der Waals surface area contributed by atoms with Crippen LogP contribution < -0.4 is 0 Å². The Bertz CT molecular complexity index is 1240. The summed E-state index contributed by atoms with van der Waals surface area (Å²) in [6.45, 7) is 4.60. The molecule has 6 rings (SSSR count). The van der Waals surface area contributed by atoms with E-state index < -0.39 is 0 Å². The van der Waals surface area contributed by atoms with Crippen LogP contribution >= 0.6 is 0 Å². The van der Waals surface area contributed by atoms with Crippen molar-refractivity contribution in [1.29, 1.82) is 0 Å². The third-order valence-corrected chi connectivity index (χ3v) is 7.06. The van der Waals surface area contributed by atoms with Crippen LogP contribution in [-0.2, 0) is 11.8 Å². The van der Waals surface area contributed by atoms with Crippen LogP contribution in [0.4, 0.5) is 0 Å². The quantitative estimate of drug-likeness (QED) is 0.336. The Balaban J connectivity index is 1.77. The minimum atomic E-state index is -0.00692. The fraction of sp³-hybridized carbons (Fsp3) is 0.214. The van der Waals surface area contributed by atoms with Gasteiger partial charge in [-0.2, -0.15) is 0 Å². The highest BCUT2D eigenvalue weighted by molar-refractivity contribution is 5.94. The Morgan fingerprint density at radius 3 is 2.43 bits per heavy atom. The maximum Gasteiger partial charge on any atom is 0.0475 e. The fourth-order valence-corrected chi connectivity index (χ4v) is 5.76. The molecule has 0 amide bonds. The van der Waals surface area contributed by atoms with Gasteiger partial charge < -0.3 is 0 Å². The van der Waals surface area contributed by atoms with Crippen LogP contribution in [0.5, 0.6) is 0 Å². The summed E-state index contributed by atoms with van der Waals surface area (Å²) in [6, 6.07) is 29.9. The molecule has 28 heavy (non-hydrogen) atoms. The second kappa shape index (κ2) is 5.58. The number of rotatable bonds is 1. The van der Waals surface area contributed by atoms with Gasteiger partial charge in [0, 0.05) is 5.41 Å². The zero-order chi connectivity index (χ0) is 18.9. The van der Waals surface area contributed by atoms with E-state index in [-0.39, 0.29) is 5.41 Å². The summed E-state index contributed by atoms with van der Waals surface area (Å²) in [5, 5.41) is 2.78. The van der Waals surface area contributed by atoms with Crippen LogP contribution in [0, 0.1) is 0 Å². The molecule has 2 aliphatic carbocycles. The molecule has 0 N–H and O–H groups in total. The van der Waals surface area contributed by atoms with Crippen molar-refractivity contribution in [3.8, 4) is 11.1 Å². The highest BCUT2D eigenvalue weighted by atomic mass is 14.5. The molecule has 0 saturated heterocycles. The van der Waals surface area contributed by atoms with Gasteiger partial charge in [0.1, 0.15) is 0 Å². The van der Waals surface area contributed by atoms with Gasteiger partial charge in [0.2, 0.25) is 0 Å². The summed E-state index contributed by atoms with van der Waals surface area (Å²) in [6.07, 6.45) is 2.32. The zero-order valence-corrected chi connectivity index (χ0v) is 16.5. The number of fused-ring (bicyclic) bond motifs is 9. The Labute approximate surface area is 166 Å². The topological polar surface area (TPSA) is 0 Å². The lowest BCUT2D eigenvalue weighted by atomic mass is 9.71. The molecule has 1 spiro atoms. The van der Waals surface area contributed by atoms with Crippen molar-refractivity contribution in [2.45, 2.75) is 38.0 Å². The van der Waals surface area contributed by atoms with Crippen molar-refractivity contribution in [2.24, 2.45) is 0 Å². The van der Waals surface area contributed by atoms with E-state index in [0.29, 0.717) is 5.92 Å². The van der Waals surface area contributed by atoms with E-state index in [0.717, 1.165) is 6.42 Å². The Morgan fingerprint density at radius 2 is 1.54 bits per heavy atom. The van der Waals surface area contributed by atoms with Crippen LogP contribution in [-0.4, -0.2) is 0 Å². The molecule has 1 unspecified atom stereocenters. The summed E-state index contributed by atoms with van der Waals surface area (Å²) in [4.78, 5) is 0. The van der Waals surface area contributed by atoms with Crippen molar-refractivity contribution in [3.63, 3.8) is 0 Å². The van der Waals surface area contributed by atoms with Gasteiger partial charge in [-0.1, -0.05) is 92.7 Å². The lowest BCUT2D eigenvalue weighted by molar-refractivity contribution is 0.628. The predicted octanol–water partition coefficient (Wildman–Crippen LogP) is 7.22. The third-order valence-electron chi connectivity index (χ3n) is 7.06. The minimum absolute atomic E-state index is 0.00692. The summed E-state index contributed by atoms with van der Waals surface area (Å²) in [5.41, 5.74) is 10.4. The third kappa shape index (κ3) is 1.91. The number of hydrogen-bond donors (Lipinski definition) is 0. The van der Waals surface area contributed by atoms with E-state index in [4.69, 9.17) is 0 Å². The molecule has 0 aromatic heterocycles. The molecule has 2 aliphatic rings. The molecule has 4 aromatic carbocycles. The second-order valence-corrected chi connectivity index (χ2v) is 8.73. The number of hydrogen-bond acceptors (Lipinski definition) is 0. The molecule has 1 atom stereocenters. The van der Waals surface area contributed by atoms with E-state index >= 15 is 0 Å². The van der Waals surface area contributed by atoms with E-state index in [1.54, 1.807) is 5.56 Å². The van der Waals surface area contributed by atoms with Gasteiger partial charge in [-0.15, -0.1) is 0 Å². The van der Waals surface area contributed by atoms with E-state index in [1.807, 2.05) is 0 Å². The van der Waals surface area contributed by atoms with Crippen molar-refractivity contribution in [1.82, 2.24) is 0 Å². The molecule has 0 heteroatoms. The van der Waals surface area contributed by atoms with Crippen molar-refractivity contribution >= 4 is 10.8 Å². The molecule has 0 fully saturated rings. The second-order valence-electron chi connectivity index (χ2n) is 8.73. The summed E-state index contributed by atoms with van der Waals surface area (Å²) < 4.78 is 0. The molecule has 0 aliphatic heterocycles. The number of benzene rings is 4. The van der Waals surface area contributed by atoms with Crippen molar-refractivity contribution in [3.05, 3.63) is 107 Å². The first kappa shape index (κ1) is 16.1. The SMILES string of the molecule is CC(C)c1ccc2c(c1)C1(CCc3ccc4ccccc4c31)c1ccccc1-2. The monoisotopic (exact) mass is 360 g/mol. The normalized spacial score (nSPS) is 19.2. The average molecular weight is 361 g/mol. The van der Waals surface area contributed by atoms with Gasteiger partial charge in [0.25, 0.3) is 0 Å². The molecule has 136 valence electrons. The molecule has 0 saturated carbocycles. The lowest BCUT2D eigenvalue weighted by Crippen LogP contribution is -2.24. The van der Waals surface area contributed by atoms with E-state index in [1.165, 1.54) is 50.6 Å². The maximum absolute atomic E-state index is 2.51. The first-order valence-electron chi connectivity index (χ1n) is 10.5. The van der Waals surface area contributed by atoms with Gasteiger partial charge in [-0.05, 0) is 68.5 Å². The maximum atomic E-state index is 2.51. The Hall–Kier alpha value is -2.86. The van der Waals surface area contributed by atoms with Gasteiger partial charge in [0.05, 0.1) is 0 Å². The standard InChI is InChI=1S/C28H24/c1-18(2)21-13-14-24-23-9-5-6-10-25(23)28(26(24)17-21)16-15-20-12-11-19-7-3-4-8-22(19)27(20)28/h3-14,17-18H,15-16H2,1-2H3. The molecule has 4 aromatic rings. The average Bonchev–Trinajstić information content (AvgIpc) is 3.26. The first-order chi connectivity index (χ1) is 13.7. The van der Waals surface area contributed by atoms with Crippen LogP contribution in [0.1, 0.15) is 54.0 Å². The molecule has 0 radical (unpaired) electrons. The highest BCUT2D eigenvalue weighted by Crippen LogP contribution is 2.59. The van der Waals surface area contributed by atoms with Crippen LogP contribution in [0.2, 0.25) is 0 Å². The number of aryl methyl sites for hydroxylation is 1. The smallest absolute Gasteiger partial charge is 0.0475 e. The largest absolute Gasteiger partial charge is 0.0619 e.